The van der Waals surface area contributed by atoms with Gasteiger partial charge in [-0.25, -0.2) is 4.57 Å². The Balaban J connectivity index is 0.00000625. The second-order valence-electron chi connectivity index (χ2n) is 5.96. The predicted molar refractivity (Wildman–Crippen MR) is 88.3 cm³/mol. The van der Waals surface area contributed by atoms with Crippen LogP contribution in [-0.2, 0) is 70.1 Å². The minimum atomic E-state index is -4.47. The Kier molecular flexibility index (Phi) is 12.7. The summed E-state index contributed by atoms with van der Waals surface area (Å²) in [5.74, 6) is -0.503. The van der Waals surface area contributed by atoms with Crippen molar-refractivity contribution in [3.63, 3.8) is 0 Å². The Morgan fingerprint density at radius 1 is 1.00 bits per heavy atom. The number of carbonyl (C=O) groups is 1. The summed E-state index contributed by atoms with van der Waals surface area (Å²) >= 11 is 0. The summed E-state index contributed by atoms with van der Waals surface area (Å²) in [6.07, 6.45) is -4.08. The monoisotopic (exact) mass is 473 g/mol. The molecule has 11 heteroatoms. The molecule has 1 aliphatic carbocycles. The van der Waals surface area contributed by atoms with Crippen LogP contribution in [0.3, 0.4) is 0 Å². The van der Waals surface area contributed by atoms with Crippen LogP contribution in [0.5, 0.6) is 0 Å². The zero-order valence-corrected chi connectivity index (χ0v) is 19.8. The van der Waals surface area contributed by atoms with Gasteiger partial charge in [-0.2, -0.15) is 0 Å². The van der Waals surface area contributed by atoms with Crippen molar-refractivity contribution in [2.24, 2.45) is 5.92 Å². The number of ketones is 1. The molecular formula is C15H29O9PY. The van der Waals surface area contributed by atoms with Gasteiger partial charge in [0.15, 0.2) is 11.9 Å². The van der Waals surface area contributed by atoms with Crippen LogP contribution >= 0.6 is 7.82 Å². The minimum absolute atomic E-state index is 0. The number of hydrogen-bond acceptors (Lipinski definition) is 8. The summed E-state index contributed by atoms with van der Waals surface area (Å²) in [5, 5.41) is 0. The van der Waals surface area contributed by atoms with Crippen LogP contribution in [0.25, 0.3) is 0 Å². The molecule has 0 saturated heterocycles. The van der Waals surface area contributed by atoms with Crippen molar-refractivity contribution in [2.75, 3.05) is 35.0 Å². The molecular weight excluding hydrogens is 444 g/mol. The SMILES string of the molecule is CCC(C)COP(=O)(O)OC1C(=O)C(OC)C(OC)C(OC)C1OC.[Y]. The van der Waals surface area contributed by atoms with Gasteiger partial charge in [-0.3, -0.25) is 13.8 Å². The van der Waals surface area contributed by atoms with Crippen molar-refractivity contribution in [3.05, 3.63) is 0 Å². The van der Waals surface area contributed by atoms with Crippen LogP contribution in [0.2, 0.25) is 0 Å². The first kappa shape index (κ1) is 26.7. The molecule has 9 nitrogen and oxygen atoms in total. The summed E-state index contributed by atoms with van der Waals surface area (Å²) < 4.78 is 43.5. The van der Waals surface area contributed by atoms with Crippen LogP contribution in [0, 0.1) is 5.92 Å². The molecule has 1 rings (SSSR count). The molecule has 0 aromatic rings. The molecule has 0 aliphatic heterocycles. The van der Waals surface area contributed by atoms with E-state index < -0.39 is 44.1 Å². The zero-order chi connectivity index (χ0) is 19.2. The van der Waals surface area contributed by atoms with E-state index in [1.54, 1.807) is 0 Å². The number of methoxy groups -OCH3 is 4. The quantitative estimate of drug-likeness (QED) is 0.468. The number of rotatable bonds is 10. The summed E-state index contributed by atoms with van der Waals surface area (Å²) in [6.45, 7) is 3.83. The normalized spacial score (nSPS) is 32.6. The summed E-state index contributed by atoms with van der Waals surface area (Å²) in [6, 6.07) is 0. The number of carbonyl (C=O) groups excluding carboxylic acids is 1. The Morgan fingerprint density at radius 3 is 1.92 bits per heavy atom. The van der Waals surface area contributed by atoms with Gasteiger partial charge < -0.3 is 23.8 Å². The van der Waals surface area contributed by atoms with E-state index in [9.17, 15) is 14.3 Å². The molecule has 1 N–H and O–H groups in total. The van der Waals surface area contributed by atoms with Crippen LogP contribution in [0.15, 0.2) is 0 Å². The van der Waals surface area contributed by atoms with Crippen molar-refractivity contribution < 1.29 is 75.0 Å². The molecule has 0 spiro atoms. The third-order valence-electron chi connectivity index (χ3n) is 4.34. The summed E-state index contributed by atoms with van der Waals surface area (Å²) in [5.41, 5.74) is 0. The average Bonchev–Trinajstić information content (AvgIpc) is 2.60. The van der Waals surface area contributed by atoms with Gasteiger partial charge in [0.25, 0.3) is 0 Å². The molecule has 0 aromatic carbocycles. The van der Waals surface area contributed by atoms with Crippen LogP contribution in [0.4, 0.5) is 0 Å². The maximum atomic E-state index is 12.7. The van der Waals surface area contributed by atoms with Crippen LogP contribution in [-0.4, -0.2) is 76.2 Å². The fourth-order valence-electron chi connectivity index (χ4n) is 2.68. The van der Waals surface area contributed by atoms with Crippen molar-refractivity contribution in [1.82, 2.24) is 0 Å². The van der Waals surface area contributed by atoms with E-state index in [1.165, 1.54) is 28.4 Å². The van der Waals surface area contributed by atoms with Gasteiger partial charge >= 0.3 is 7.82 Å². The first-order valence-corrected chi connectivity index (χ1v) is 9.56. The molecule has 26 heavy (non-hydrogen) atoms. The van der Waals surface area contributed by atoms with Crippen LogP contribution in [0.1, 0.15) is 20.3 Å². The maximum absolute atomic E-state index is 12.7. The van der Waals surface area contributed by atoms with Gasteiger partial charge in [0.2, 0.25) is 0 Å². The van der Waals surface area contributed by atoms with Gasteiger partial charge in [-0.15, -0.1) is 0 Å². The molecule has 0 bridgehead atoms. The predicted octanol–water partition coefficient (Wildman–Crippen LogP) is 1.17. The number of hydrogen-bond donors (Lipinski definition) is 1. The van der Waals surface area contributed by atoms with E-state index in [2.05, 4.69) is 0 Å². The summed E-state index contributed by atoms with van der Waals surface area (Å²) in [4.78, 5) is 22.6. The van der Waals surface area contributed by atoms with E-state index in [1.807, 2.05) is 13.8 Å². The van der Waals surface area contributed by atoms with Gasteiger partial charge in [-0.05, 0) is 5.92 Å². The Bertz CT molecular complexity index is 478. The zero-order valence-electron chi connectivity index (χ0n) is 16.1. The minimum Gasteiger partial charge on any atom is -0.376 e. The van der Waals surface area contributed by atoms with Gasteiger partial charge in [-0.1, -0.05) is 20.3 Å². The molecule has 1 saturated carbocycles. The van der Waals surface area contributed by atoms with Crippen molar-refractivity contribution in [2.45, 2.75) is 50.8 Å². The van der Waals surface area contributed by atoms with Crippen LogP contribution < -0.4 is 0 Å². The Labute approximate surface area is 179 Å². The molecule has 0 amide bonds. The number of ether oxygens (including phenoxy) is 4. The topological polar surface area (TPSA) is 110 Å². The van der Waals surface area contributed by atoms with Crippen molar-refractivity contribution >= 4 is 13.6 Å². The third-order valence-corrected chi connectivity index (χ3v) is 5.31. The first-order valence-electron chi connectivity index (χ1n) is 8.06. The van der Waals surface area contributed by atoms with E-state index >= 15 is 0 Å². The molecule has 1 radical (unpaired) electrons. The van der Waals surface area contributed by atoms with Crippen molar-refractivity contribution in [1.29, 1.82) is 0 Å². The average molecular weight is 473 g/mol. The maximum Gasteiger partial charge on any atom is 0.472 e. The number of Topliss-reactive ketones (excluding diaryl/α,β-unsaturated/α-hetero) is 1. The second-order valence-corrected chi connectivity index (χ2v) is 7.37. The van der Waals surface area contributed by atoms with Gasteiger partial charge in [0, 0.05) is 61.1 Å². The molecule has 7 atom stereocenters. The van der Waals surface area contributed by atoms with Gasteiger partial charge in [0.1, 0.15) is 24.4 Å². The molecule has 0 aromatic heterocycles. The number of phosphoric ester groups is 1. The van der Waals surface area contributed by atoms with Crippen molar-refractivity contribution in [3.8, 4) is 0 Å². The van der Waals surface area contributed by atoms with Gasteiger partial charge in [0.05, 0.1) is 6.61 Å². The molecule has 7 unspecified atom stereocenters. The molecule has 151 valence electrons. The molecule has 1 aliphatic rings. The Hall–Kier alpha value is 0.724. The largest absolute Gasteiger partial charge is 0.472 e. The number of phosphoric acid groups is 1. The smallest absolute Gasteiger partial charge is 0.376 e. The fourth-order valence-corrected chi connectivity index (χ4v) is 3.69. The molecule has 1 fully saturated rings. The van der Waals surface area contributed by atoms with E-state index in [4.69, 9.17) is 28.0 Å². The fraction of sp³-hybridized carbons (Fsp3) is 0.933. The Morgan fingerprint density at radius 2 is 1.50 bits per heavy atom. The molecule has 0 heterocycles. The standard InChI is InChI=1S/C15H29O9P.Y/c1-7-9(2)8-23-25(17,18)24-12-10(16)11(19-3)13(20-4)15(22-6)14(12)21-5;/h9,11-15H,7-8H2,1-6H3,(H,17,18);. The first-order chi connectivity index (χ1) is 11.8. The summed E-state index contributed by atoms with van der Waals surface area (Å²) in [7, 11) is 1.05. The van der Waals surface area contributed by atoms with E-state index in [-0.39, 0.29) is 45.2 Å². The second kappa shape index (κ2) is 12.3. The third kappa shape index (κ3) is 6.66. The van der Waals surface area contributed by atoms with E-state index in [0.29, 0.717) is 0 Å². The van der Waals surface area contributed by atoms with E-state index in [0.717, 1.165) is 6.42 Å².